The lowest BCUT2D eigenvalue weighted by atomic mass is 10.3. The van der Waals surface area contributed by atoms with Gasteiger partial charge in [0, 0.05) is 17.2 Å². The Morgan fingerprint density at radius 3 is 3.05 bits per heavy atom. The largest absolute Gasteiger partial charge is 0.355 e. The fourth-order valence-electron chi connectivity index (χ4n) is 1.47. The van der Waals surface area contributed by atoms with Crippen LogP contribution in [0.3, 0.4) is 0 Å². The number of nitrogens with zero attached hydrogens (tertiary/aromatic N) is 1. The molecule has 0 bridgehead atoms. The first-order valence-corrected chi connectivity index (χ1v) is 9.01. The normalized spacial score (nSPS) is 12.3. The lowest BCUT2D eigenvalue weighted by Gasteiger charge is -2.08. The number of thiophene rings is 1. The highest BCUT2D eigenvalue weighted by Crippen LogP contribution is 2.27. The molecule has 2 aromatic rings. The van der Waals surface area contributed by atoms with Crippen molar-refractivity contribution in [2.75, 3.05) is 12.8 Å². The van der Waals surface area contributed by atoms with E-state index in [0.717, 1.165) is 15.6 Å². The third kappa shape index (κ3) is 4.33. The molecule has 2 heterocycles. The number of nitrogens with one attached hydrogen (secondary N) is 1. The maximum absolute atomic E-state index is 11.8. The molecule has 0 aromatic carbocycles. The van der Waals surface area contributed by atoms with E-state index < -0.39 is 0 Å². The Balaban J connectivity index is 1.88. The van der Waals surface area contributed by atoms with E-state index in [9.17, 15) is 4.79 Å². The van der Waals surface area contributed by atoms with Crippen LogP contribution in [0.4, 0.5) is 0 Å². The van der Waals surface area contributed by atoms with Crippen LogP contribution in [0.1, 0.15) is 12.6 Å². The van der Waals surface area contributed by atoms with Crippen molar-refractivity contribution in [3.8, 4) is 9.88 Å². The van der Waals surface area contributed by atoms with Gasteiger partial charge in [0.15, 0.2) is 0 Å². The molecule has 0 spiro atoms. The number of thioether (sulfide) groups is 1. The summed E-state index contributed by atoms with van der Waals surface area (Å²) in [6, 6.07) is 4.06. The van der Waals surface area contributed by atoms with Crippen LogP contribution in [0.25, 0.3) is 9.88 Å². The molecule has 2 rings (SSSR count). The summed E-state index contributed by atoms with van der Waals surface area (Å²) in [6.07, 6.45) is 2.41. The zero-order valence-corrected chi connectivity index (χ0v) is 13.3. The topological polar surface area (TPSA) is 42.0 Å². The Labute approximate surface area is 125 Å². The summed E-state index contributed by atoms with van der Waals surface area (Å²) in [7, 11) is 0. The van der Waals surface area contributed by atoms with Crippen LogP contribution in [-0.2, 0) is 11.2 Å². The molecule has 1 amide bonds. The molecule has 102 valence electrons. The van der Waals surface area contributed by atoms with Crippen LogP contribution >= 0.6 is 34.4 Å². The number of carbonyl (C=O) groups is 1. The Bertz CT molecular complexity index is 522. The van der Waals surface area contributed by atoms with Gasteiger partial charge in [-0.1, -0.05) is 13.0 Å². The van der Waals surface area contributed by atoms with E-state index in [0.29, 0.717) is 18.2 Å². The first kappa shape index (κ1) is 14.6. The van der Waals surface area contributed by atoms with Gasteiger partial charge >= 0.3 is 0 Å². The number of hydrogen-bond donors (Lipinski definition) is 1. The molecule has 1 atom stereocenters. The van der Waals surface area contributed by atoms with Gasteiger partial charge in [0.2, 0.25) is 5.91 Å². The highest BCUT2D eigenvalue weighted by Gasteiger charge is 2.10. The van der Waals surface area contributed by atoms with Crippen molar-refractivity contribution in [3.05, 3.63) is 28.6 Å². The van der Waals surface area contributed by atoms with Crippen LogP contribution in [0.2, 0.25) is 0 Å². The molecule has 0 saturated heterocycles. The second kappa shape index (κ2) is 7.07. The quantitative estimate of drug-likeness (QED) is 0.890. The maximum atomic E-state index is 11.8. The van der Waals surface area contributed by atoms with Crippen molar-refractivity contribution in [1.82, 2.24) is 10.3 Å². The van der Waals surface area contributed by atoms with Gasteiger partial charge in [-0.3, -0.25) is 4.79 Å². The number of amides is 1. The Morgan fingerprint density at radius 2 is 2.37 bits per heavy atom. The molecule has 0 fully saturated rings. The highest BCUT2D eigenvalue weighted by molar-refractivity contribution is 7.99. The maximum Gasteiger partial charge on any atom is 0.226 e. The van der Waals surface area contributed by atoms with Crippen LogP contribution in [0.15, 0.2) is 22.9 Å². The van der Waals surface area contributed by atoms with Crippen molar-refractivity contribution in [3.63, 3.8) is 0 Å². The highest BCUT2D eigenvalue weighted by atomic mass is 32.2. The molecular formula is C13H16N2OS3. The van der Waals surface area contributed by atoms with Crippen LogP contribution in [-0.4, -0.2) is 28.9 Å². The van der Waals surface area contributed by atoms with Gasteiger partial charge in [0.25, 0.3) is 0 Å². The Kier molecular flexibility index (Phi) is 5.42. The van der Waals surface area contributed by atoms with E-state index in [1.54, 1.807) is 34.4 Å². The zero-order chi connectivity index (χ0) is 13.7. The summed E-state index contributed by atoms with van der Waals surface area (Å²) in [5.74, 6) is 0.0453. The van der Waals surface area contributed by atoms with Gasteiger partial charge in [-0.2, -0.15) is 11.8 Å². The van der Waals surface area contributed by atoms with Gasteiger partial charge < -0.3 is 5.32 Å². The van der Waals surface area contributed by atoms with Crippen molar-refractivity contribution in [2.45, 2.75) is 18.6 Å². The van der Waals surface area contributed by atoms with Crippen molar-refractivity contribution in [1.29, 1.82) is 0 Å². The predicted molar refractivity (Wildman–Crippen MR) is 85.1 cm³/mol. The molecule has 2 aromatic heterocycles. The molecule has 3 nitrogen and oxygen atoms in total. The molecule has 19 heavy (non-hydrogen) atoms. The molecule has 6 heteroatoms. The third-order valence-electron chi connectivity index (χ3n) is 2.61. The van der Waals surface area contributed by atoms with Crippen LogP contribution in [0, 0.1) is 0 Å². The third-order valence-corrected chi connectivity index (χ3v) is 5.52. The smallest absolute Gasteiger partial charge is 0.226 e. The van der Waals surface area contributed by atoms with E-state index >= 15 is 0 Å². The summed E-state index contributed by atoms with van der Waals surface area (Å²) >= 11 is 5.01. The van der Waals surface area contributed by atoms with E-state index in [1.807, 2.05) is 29.1 Å². The molecule has 1 N–H and O–H groups in total. The summed E-state index contributed by atoms with van der Waals surface area (Å²) in [5, 5.41) is 8.37. The minimum atomic E-state index is 0.0453. The summed E-state index contributed by atoms with van der Waals surface area (Å²) in [6.45, 7) is 2.81. The molecular weight excluding hydrogens is 296 g/mol. The monoisotopic (exact) mass is 312 g/mol. The average molecular weight is 312 g/mol. The average Bonchev–Trinajstić information content (AvgIpc) is 3.06. The van der Waals surface area contributed by atoms with E-state index in [4.69, 9.17) is 0 Å². The first-order chi connectivity index (χ1) is 9.19. The van der Waals surface area contributed by atoms with E-state index in [1.165, 1.54) is 0 Å². The van der Waals surface area contributed by atoms with Gasteiger partial charge in [0.1, 0.15) is 5.01 Å². The van der Waals surface area contributed by atoms with E-state index in [2.05, 4.69) is 17.2 Å². The van der Waals surface area contributed by atoms with Crippen molar-refractivity contribution in [2.24, 2.45) is 0 Å². The minimum absolute atomic E-state index is 0.0453. The zero-order valence-electron chi connectivity index (χ0n) is 10.9. The lowest BCUT2D eigenvalue weighted by molar-refractivity contribution is -0.120. The molecule has 0 saturated carbocycles. The lowest BCUT2D eigenvalue weighted by Crippen LogP contribution is -2.30. The van der Waals surface area contributed by atoms with Gasteiger partial charge in [0.05, 0.1) is 17.0 Å². The predicted octanol–water partition coefficient (Wildman–Crippen LogP) is 3.28. The van der Waals surface area contributed by atoms with E-state index in [-0.39, 0.29) is 5.91 Å². The number of thiazole rings is 1. The number of carbonyl (C=O) groups excluding carboxylic acids is 1. The van der Waals surface area contributed by atoms with Crippen molar-refractivity contribution < 1.29 is 4.79 Å². The fraction of sp³-hybridized carbons (Fsp3) is 0.385. The summed E-state index contributed by atoms with van der Waals surface area (Å²) < 4.78 is 0. The fourth-order valence-corrected chi connectivity index (χ4v) is 3.35. The van der Waals surface area contributed by atoms with Gasteiger partial charge in [-0.25, -0.2) is 4.98 Å². The SMILES string of the molecule is CS[C@H](C)CNC(=O)Cc1csc(-c2cccs2)n1. The second-order valence-corrected chi connectivity index (χ2v) is 7.23. The standard InChI is InChI=1S/C13H16N2OS3/c1-9(17-2)7-14-12(16)6-10-8-19-13(15-10)11-4-3-5-18-11/h3-5,8-9H,6-7H2,1-2H3,(H,14,16)/t9-/m1/s1. The molecule has 0 aliphatic rings. The van der Waals surface area contributed by atoms with Crippen LogP contribution < -0.4 is 5.32 Å². The molecule has 0 radical (unpaired) electrons. The number of hydrogen-bond acceptors (Lipinski definition) is 5. The van der Waals surface area contributed by atoms with Crippen molar-refractivity contribution >= 4 is 40.3 Å². The second-order valence-electron chi connectivity index (χ2n) is 4.15. The summed E-state index contributed by atoms with van der Waals surface area (Å²) in [4.78, 5) is 17.4. The Hall–Kier alpha value is -0.850. The Morgan fingerprint density at radius 1 is 1.53 bits per heavy atom. The summed E-state index contributed by atoms with van der Waals surface area (Å²) in [5.41, 5.74) is 0.850. The first-order valence-electron chi connectivity index (χ1n) is 5.97. The molecule has 0 aliphatic carbocycles. The molecule has 0 unspecified atom stereocenters. The van der Waals surface area contributed by atoms with Gasteiger partial charge in [-0.05, 0) is 17.7 Å². The molecule has 0 aliphatic heterocycles. The minimum Gasteiger partial charge on any atom is -0.355 e. The number of aromatic nitrogens is 1. The van der Waals surface area contributed by atoms with Gasteiger partial charge in [-0.15, -0.1) is 22.7 Å². The van der Waals surface area contributed by atoms with Crippen LogP contribution in [0.5, 0.6) is 0 Å². The number of rotatable bonds is 6.